The van der Waals surface area contributed by atoms with Crippen molar-refractivity contribution in [2.75, 3.05) is 32.8 Å². The summed E-state index contributed by atoms with van der Waals surface area (Å²) >= 11 is 5.99. The molecule has 5 nitrogen and oxygen atoms in total. The maximum absolute atomic E-state index is 11.8. The van der Waals surface area contributed by atoms with Gasteiger partial charge < -0.3 is 4.74 Å². The zero-order valence-corrected chi connectivity index (χ0v) is 11.2. The van der Waals surface area contributed by atoms with Gasteiger partial charge in [-0.2, -0.15) is 12.7 Å². The number of rotatable bonds is 5. The molecule has 0 aromatic carbocycles. The van der Waals surface area contributed by atoms with Crippen LogP contribution in [0.2, 0.25) is 0 Å². The van der Waals surface area contributed by atoms with E-state index in [9.17, 15) is 8.42 Å². The van der Waals surface area contributed by atoms with Gasteiger partial charge in [-0.3, -0.25) is 0 Å². The summed E-state index contributed by atoms with van der Waals surface area (Å²) in [6, 6.07) is 0. The van der Waals surface area contributed by atoms with Crippen molar-refractivity contribution in [1.29, 1.82) is 0 Å². The van der Waals surface area contributed by atoms with Crippen molar-refractivity contribution in [2.24, 2.45) is 5.92 Å². The topological polar surface area (TPSA) is 58.6 Å². The number of hydrogen-bond donors (Lipinski definition) is 1. The van der Waals surface area contributed by atoms with E-state index in [1.165, 1.54) is 4.31 Å². The first kappa shape index (κ1) is 14.2. The van der Waals surface area contributed by atoms with Crippen molar-refractivity contribution < 1.29 is 13.2 Å². The van der Waals surface area contributed by atoms with E-state index in [0.29, 0.717) is 26.3 Å². The molecule has 1 fully saturated rings. The molecular formula is C9H19ClN2O3S. The minimum atomic E-state index is -3.39. The third-order valence-electron chi connectivity index (χ3n) is 2.49. The van der Waals surface area contributed by atoms with Gasteiger partial charge in [0, 0.05) is 25.0 Å². The normalized spacial score (nSPS) is 21.2. The Hall–Kier alpha value is 0.120. The van der Waals surface area contributed by atoms with Crippen LogP contribution in [-0.4, -0.2) is 50.9 Å². The van der Waals surface area contributed by atoms with Gasteiger partial charge in [0.15, 0.2) is 0 Å². The molecule has 0 spiro atoms. The predicted molar refractivity (Wildman–Crippen MR) is 63.8 cm³/mol. The van der Waals surface area contributed by atoms with Crippen molar-refractivity contribution in [2.45, 2.75) is 19.2 Å². The van der Waals surface area contributed by atoms with E-state index in [2.05, 4.69) is 4.72 Å². The van der Waals surface area contributed by atoms with Crippen molar-refractivity contribution in [3.63, 3.8) is 0 Å². The first-order chi connectivity index (χ1) is 7.43. The van der Waals surface area contributed by atoms with Crippen LogP contribution in [0.1, 0.15) is 13.8 Å². The summed E-state index contributed by atoms with van der Waals surface area (Å²) in [4.78, 5) is 0. The molecule has 1 saturated heterocycles. The minimum Gasteiger partial charge on any atom is -0.379 e. The van der Waals surface area contributed by atoms with Crippen LogP contribution in [0.25, 0.3) is 0 Å². The van der Waals surface area contributed by atoms with E-state index in [1.807, 2.05) is 13.8 Å². The van der Waals surface area contributed by atoms with Gasteiger partial charge in [0.1, 0.15) is 0 Å². The Bertz CT molecular complexity index is 302. The van der Waals surface area contributed by atoms with E-state index >= 15 is 0 Å². The molecule has 1 N–H and O–H groups in total. The first-order valence-corrected chi connectivity index (χ1v) is 7.27. The highest BCUT2D eigenvalue weighted by molar-refractivity contribution is 7.87. The molecule has 0 aromatic heterocycles. The lowest BCUT2D eigenvalue weighted by molar-refractivity contribution is 0.0725. The van der Waals surface area contributed by atoms with Gasteiger partial charge in [-0.05, 0) is 5.92 Å². The number of hydrogen-bond acceptors (Lipinski definition) is 3. The molecule has 0 aliphatic carbocycles. The maximum atomic E-state index is 11.8. The van der Waals surface area contributed by atoms with Gasteiger partial charge in [0.2, 0.25) is 0 Å². The van der Waals surface area contributed by atoms with Gasteiger partial charge in [-0.1, -0.05) is 13.8 Å². The summed E-state index contributed by atoms with van der Waals surface area (Å²) in [5.41, 5.74) is 0. The lowest BCUT2D eigenvalue weighted by Crippen LogP contribution is -2.48. The molecular weight excluding hydrogens is 252 g/mol. The molecule has 0 radical (unpaired) electrons. The second-order valence-electron chi connectivity index (χ2n) is 4.12. The summed E-state index contributed by atoms with van der Waals surface area (Å²) in [7, 11) is -3.39. The van der Waals surface area contributed by atoms with Crippen LogP contribution in [0.5, 0.6) is 0 Å². The van der Waals surface area contributed by atoms with E-state index < -0.39 is 10.2 Å². The molecule has 1 rings (SSSR count). The molecule has 96 valence electrons. The Morgan fingerprint density at radius 1 is 1.38 bits per heavy atom. The van der Waals surface area contributed by atoms with E-state index in [4.69, 9.17) is 16.3 Å². The van der Waals surface area contributed by atoms with E-state index in [0.717, 1.165) is 0 Å². The maximum Gasteiger partial charge on any atom is 0.279 e. The van der Waals surface area contributed by atoms with E-state index in [1.54, 1.807) is 0 Å². The van der Waals surface area contributed by atoms with E-state index in [-0.39, 0.29) is 17.8 Å². The highest BCUT2D eigenvalue weighted by atomic mass is 35.5. The van der Waals surface area contributed by atoms with Gasteiger partial charge in [-0.15, -0.1) is 11.6 Å². The highest BCUT2D eigenvalue weighted by Crippen LogP contribution is 2.09. The number of nitrogens with zero attached hydrogens (tertiary/aromatic N) is 1. The van der Waals surface area contributed by atoms with Crippen LogP contribution in [0.15, 0.2) is 0 Å². The highest BCUT2D eigenvalue weighted by Gasteiger charge is 2.24. The van der Waals surface area contributed by atoms with Gasteiger partial charge in [0.25, 0.3) is 10.2 Å². The fraction of sp³-hybridized carbons (Fsp3) is 1.00. The Labute approximate surface area is 102 Å². The lowest BCUT2D eigenvalue weighted by atomic mass is 10.1. The van der Waals surface area contributed by atoms with Crippen LogP contribution in [0.3, 0.4) is 0 Å². The Kier molecular flexibility index (Phi) is 5.46. The van der Waals surface area contributed by atoms with Gasteiger partial charge in [0.05, 0.1) is 13.2 Å². The number of halogens is 1. The second-order valence-corrected chi connectivity index (χ2v) is 6.44. The minimum absolute atomic E-state index is 0.184. The molecule has 0 saturated carbocycles. The second kappa shape index (κ2) is 6.16. The number of nitrogens with one attached hydrogen (secondary N) is 1. The average molecular weight is 271 g/mol. The van der Waals surface area contributed by atoms with Crippen LogP contribution in [-0.2, 0) is 14.9 Å². The van der Waals surface area contributed by atoms with Crippen molar-refractivity contribution in [3.8, 4) is 0 Å². The van der Waals surface area contributed by atoms with Gasteiger partial charge in [-0.25, -0.2) is 4.72 Å². The zero-order valence-electron chi connectivity index (χ0n) is 9.65. The molecule has 0 amide bonds. The third-order valence-corrected chi connectivity index (χ3v) is 4.73. The first-order valence-electron chi connectivity index (χ1n) is 5.40. The Balaban J connectivity index is 2.44. The molecule has 1 unspecified atom stereocenters. The average Bonchev–Trinajstić information content (AvgIpc) is 2.27. The third kappa shape index (κ3) is 4.18. The molecule has 0 bridgehead atoms. The van der Waals surface area contributed by atoms with Crippen LogP contribution >= 0.6 is 11.6 Å². The Morgan fingerprint density at radius 3 is 2.44 bits per heavy atom. The van der Waals surface area contributed by atoms with Crippen molar-refractivity contribution in [1.82, 2.24) is 9.03 Å². The molecule has 1 atom stereocenters. The summed E-state index contributed by atoms with van der Waals surface area (Å²) in [5, 5.41) is -0.184. The fourth-order valence-corrected chi connectivity index (χ4v) is 2.67. The summed E-state index contributed by atoms with van der Waals surface area (Å²) in [6.45, 7) is 5.90. The monoisotopic (exact) mass is 270 g/mol. The lowest BCUT2D eigenvalue weighted by Gasteiger charge is -2.26. The largest absolute Gasteiger partial charge is 0.379 e. The molecule has 1 aliphatic rings. The van der Waals surface area contributed by atoms with Crippen LogP contribution in [0.4, 0.5) is 0 Å². The van der Waals surface area contributed by atoms with Crippen molar-refractivity contribution >= 4 is 21.8 Å². The smallest absolute Gasteiger partial charge is 0.279 e. The molecule has 7 heteroatoms. The molecule has 0 aromatic rings. The SMILES string of the molecule is CC(C)C(Cl)CNS(=O)(=O)N1CCOCC1. The molecule has 1 aliphatic heterocycles. The predicted octanol–water partition coefficient (Wildman–Crippen LogP) is 0.416. The molecule has 1 heterocycles. The summed E-state index contributed by atoms with van der Waals surface area (Å²) < 4.78 is 32.6. The summed E-state index contributed by atoms with van der Waals surface area (Å²) in [5.74, 6) is 0.244. The number of alkyl halides is 1. The molecule has 16 heavy (non-hydrogen) atoms. The quantitative estimate of drug-likeness (QED) is 0.737. The Morgan fingerprint density at radius 2 is 1.94 bits per heavy atom. The van der Waals surface area contributed by atoms with Crippen LogP contribution in [0, 0.1) is 5.92 Å². The fourth-order valence-electron chi connectivity index (χ4n) is 1.30. The van der Waals surface area contributed by atoms with Crippen molar-refractivity contribution in [3.05, 3.63) is 0 Å². The number of morpholine rings is 1. The zero-order chi connectivity index (χ0) is 12.2. The summed E-state index contributed by atoms with van der Waals surface area (Å²) in [6.07, 6.45) is 0. The standard InChI is InChI=1S/C9H19ClN2O3S/c1-8(2)9(10)7-11-16(13,14)12-3-5-15-6-4-12/h8-9,11H,3-7H2,1-2H3. The van der Waals surface area contributed by atoms with Gasteiger partial charge >= 0.3 is 0 Å². The number of ether oxygens (including phenoxy) is 1. The van der Waals surface area contributed by atoms with Crippen LogP contribution < -0.4 is 4.72 Å².